The van der Waals surface area contributed by atoms with Crippen molar-refractivity contribution in [3.63, 3.8) is 0 Å². The first-order chi connectivity index (χ1) is 21.9. The number of aryl methyl sites for hydroxylation is 1. The topological polar surface area (TPSA) is 104 Å². The normalized spacial score (nSPS) is 15.2. The number of benzene rings is 3. The Morgan fingerprint density at radius 3 is 2.41 bits per heavy atom. The van der Waals surface area contributed by atoms with E-state index < -0.39 is 41.0 Å². The molecule has 0 saturated heterocycles. The molecule has 5 rings (SSSR count). The minimum absolute atomic E-state index is 0.0235. The van der Waals surface area contributed by atoms with E-state index in [0.717, 1.165) is 17.7 Å². The molecule has 3 amide bonds. The van der Waals surface area contributed by atoms with Crippen molar-refractivity contribution in [3.05, 3.63) is 114 Å². The Balaban J connectivity index is 1.35. The molecule has 0 fully saturated rings. The maximum absolute atomic E-state index is 13.9. The molecular formula is C35H35F3N4O4. The van der Waals surface area contributed by atoms with E-state index in [1.807, 2.05) is 62.4 Å². The van der Waals surface area contributed by atoms with Crippen LogP contribution in [0.25, 0.3) is 11.1 Å². The molecule has 8 nitrogen and oxygen atoms in total. The second-order valence-electron chi connectivity index (χ2n) is 11.8. The number of anilines is 1. The molecular weight excluding hydrogens is 597 g/mol. The van der Waals surface area contributed by atoms with Crippen molar-refractivity contribution in [2.75, 3.05) is 11.6 Å². The average Bonchev–Trinajstić information content (AvgIpc) is 3.52. The predicted octanol–water partition coefficient (Wildman–Crippen LogP) is 6.08. The largest absolute Gasteiger partial charge is 0.468 e. The molecule has 0 unspecified atom stereocenters. The van der Waals surface area contributed by atoms with Gasteiger partial charge in [-0.05, 0) is 79.8 Å². The molecule has 1 aliphatic rings. The SMILES string of the molecule is CC(C)(CC(=O)N[C@@H]1CCc2cc(C(F)(F)F)ccc2N(CNC(=O)c2ccccc2-c2ccccc2)C1=O)NCc1ccco1. The average molecular weight is 633 g/mol. The third-order valence-corrected chi connectivity index (χ3v) is 7.88. The first-order valence-corrected chi connectivity index (χ1v) is 14.9. The molecule has 240 valence electrons. The number of amides is 3. The van der Waals surface area contributed by atoms with Crippen molar-refractivity contribution >= 4 is 23.4 Å². The van der Waals surface area contributed by atoms with Crippen molar-refractivity contribution in [1.29, 1.82) is 0 Å². The summed E-state index contributed by atoms with van der Waals surface area (Å²) in [7, 11) is 0. The number of hydrogen-bond donors (Lipinski definition) is 3. The second-order valence-corrected chi connectivity index (χ2v) is 11.8. The van der Waals surface area contributed by atoms with Crippen LogP contribution in [-0.4, -0.2) is 36.0 Å². The van der Waals surface area contributed by atoms with E-state index in [1.165, 1.54) is 11.0 Å². The number of alkyl halides is 3. The molecule has 11 heteroatoms. The molecule has 0 bridgehead atoms. The Kier molecular flexibility index (Phi) is 9.62. The highest BCUT2D eigenvalue weighted by Crippen LogP contribution is 2.35. The summed E-state index contributed by atoms with van der Waals surface area (Å²) in [5.74, 6) is -0.703. The van der Waals surface area contributed by atoms with E-state index in [0.29, 0.717) is 29.0 Å². The summed E-state index contributed by atoms with van der Waals surface area (Å²) in [6, 6.07) is 22.1. The zero-order valence-electron chi connectivity index (χ0n) is 25.5. The van der Waals surface area contributed by atoms with E-state index >= 15 is 0 Å². The molecule has 3 aromatic carbocycles. The van der Waals surface area contributed by atoms with E-state index in [9.17, 15) is 27.6 Å². The highest BCUT2D eigenvalue weighted by atomic mass is 19.4. The molecule has 2 heterocycles. The van der Waals surface area contributed by atoms with Crippen LogP contribution < -0.4 is 20.9 Å². The first kappa shape index (κ1) is 32.5. The number of carbonyl (C=O) groups is 3. The summed E-state index contributed by atoms with van der Waals surface area (Å²) in [6.45, 7) is 3.76. The van der Waals surface area contributed by atoms with E-state index in [1.54, 1.807) is 24.5 Å². The lowest BCUT2D eigenvalue weighted by Crippen LogP contribution is -2.52. The van der Waals surface area contributed by atoms with Gasteiger partial charge in [-0.25, -0.2) is 0 Å². The van der Waals surface area contributed by atoms with Crippen molar-refractivity contribution < 1.29 is 32.0 Å². The quantitative estimate of drug-likeness (QED) is 0.197. The van der Waals surface area contributed by atoms with Crippen LogP contribution in [0.5, 0.6) is 0 Å². The van der Waals surface area contributed by atoms with Crippen LogP contribution in [0.15, 0.2) is 95.6 Å². The number of nitrogens with zero attached hydrogens (tertiary/aromatic N) is 1. The highest BCUT2D eigenvalue weighted by Gasteiger charge is 2.36. The van der Waals surface area contributed by atoms with Crippen LogP contribution in [-0.2, 0) is 28.7 Å². The Hall–Kier alpha value is -4.90. The molecule has 4 aromatic rings. The molecule has 1 aliphatic heterocycles. The molecule has 0 saturated carbocycles. The van der Waals surface area contributed by atoms with E-state index in [2.05, 4.69) is 16.0 Å². The number of halogens is 3. The van der Waals surface area contributed by atoms with Crippen molar-refractivity contribution in [2.24, 2.45) is 0 Å². The fourth-order valence-electron chi connectivity index (χ4n) is 5.50. The van der Waals surface area contributed by atoms with Gasteiger partial charge in [0.15, 0.2) is 0 Å². The van der Waals surface area contributed by atoms with Gasteiger partial charge in [0.05, 0.1) is 25.0 Å². The summed E-state index contributed by atoms with van der Waals surface area (Å²) in [5.41, 5.74) is 0.921. The molecule has 1 aromatic heterocycles. The lowest BCUT2D eigenvalue weighted by Gasteiger charge is -2.29. The zero-order chi connectivity index (χ0) is 32.9. The van der Waals surface area contributed by atoms with Gasteiger partial charge < -0.3 is 20.4 Å². The smallest absolute Gasteiger partial charge is 0.416 e. The number of fused-ring (bicyclic) bond motifs is 1. The number of rotatable bonds is 10. The van der Waals surface area contributed by atoms with Gasteiger partial charge in [0, 0.05) is 23.2 Å². The van der Waals surface area contributed by atoms with Crippen molar-refractivity contribution in [2.45, 2.75) is 57.4 Å². The molecule has 3 N–H and O–H groups in total. The first-order valence-electron chi connectivity index (χ1n) is 14.9. The van der Waals surface area contributed by atoms with E-state index in [-0.39, 0.29) is 31.6 Å². The molecule has 0 radical (unpaired) electrons. The third kappa shape index (κ3) is 7.84. The van der Waals surface area contributed by atoms with Gasteiger partial charge in [-0.1, -0.05) is 48.5 Å². The molecule has 0 aliphatic carbocycles. The molecule has 46 heavy (non-hydrogen) atoms. The number of carbonyl (C=O) groups excluding carboxylic acids is 3. The van der Waals surface area contributed by atoms with E-state index in [4.69, 9.17) is 4.42 Å². The van der Waals surface area contributed by atoms with Crippen LogP contribution in [0, 0.1) is 0 Å². The minimum atomic E-state index is -4.58. The van der Waals surface area contributed by atoms with Gasteiger partial charge in [-0.15, -0.1) is 0 Å². The fourth-order valence-corrected chi connectivity index (χ4v) is 5.50. The minimum Gasteiger partial charge on any atom is -0.468 e. The predicted molar refractivity (Wildman–Crippen MR) is 168 cm³/mol. The summed E-state index contributed by atoms with van der Waals surface area (Å²) in [4.78, 5) is 41.8. The third-order valence-electron chi connectivity index (χ3n) is 7.88. The zero-order valence-corrected chi connectivity index (χ0v) is 25.5. The van der Waals surface area contributed by atoms with Gasteiger partial charge >= 0.3 is 6.18 Å². The maximum Gasteiger partial charge on any atom is 0.416 e. The van der Waals surface area contributed by atoms with Crippen LogP contribution in [0.2, 0.25) is 0 Å². The lowest BCUT2D eigenvalue weighted by molar-refractivity contribution is -0.137. The van der Waals surface area contributed by atoms with Gasteiger partial charge in [0.25, 0.3) is 11.8 Å². The standard InChI is InChI=1S/C35H35F3N4O4/c1-34(2,40-21-26-11-8-18-46-26)20-31(43)41-29-16-14-24-19-25(35(36,37)38)15-17-30(24)42(33(29)45)22-39-32(44)28-13-7-6-12-27(28)23-9-4-3-5-10-23/h3-13,15,17-19,29,40H,14,16,20-22H2,1-2H3,(H,39,44)(H,41,43)/t29-/m1/s1. The van der Waals surface area contributed by atoms with Gasteiger partial charge in [0.2, 0.25) is 5.91 Å². The summed E-state index contributed by atoms with van der Waals surface area (Å²) >= 11 is 0. The summed E-state index contributed by atoms with van der Waals surface area (Å²) < 4.78 is 46.2. The number of furan rings is 1. The Bertz CT molecular complexity index is 1690. The fraction of sp³-hybridized carbons (Fsp3) is 0.286. The lowest BCUT2D eigenvalue weighted by atomic mass is 9.99. The van der Waals surface area contributed by atoms with Crippen LogP contribution in [0.1, 0.15) is 53.9 Å². The Morgan fingerprint density at radius 2 is 1.70 bits per heavy atom. The van der Waals surface area contributed by atoms with Crippen molar-refractivity contribution in [1.82, 2.24) is 16.0 Å². The van der Waals surface area contributed by atoms with Gasteiger partial charge in [0.1, 0.15) is 11.8 Å². The Labute approximate surface area is 265 Å². The molecule has 1 atom stereocenters. The summed E-state index contributed by atoms with van der Waals surface area (Å²) in [6.07, 6.45) is -2.80. The van der Waals surface area contributed by atoms with Crippen LogP contribution in [0.4, 0.5) is 18.9 Å². The van der Waals surface area contributed by atoms with Crippen LogP contribution >= 0.6 is 0 Å². The summed E-state index contributed by atoms with van der Waals surface area (Å²) in [5, 5.41) is 8.82. The monoisotopic (exact) mass is 632 g/mol. The highest BCUT2D eigenvalue weighted by molar-refractivity contribution is 6.03. The second kappa shape index (κ2) is 13.6. The number of nitrogens with one attached hydrogen (secondary N) is 3. The van der Waals surface area contributed by atoms with Crippen LogP contribution in [0.3, 0.4) is 0 Å². The van der Waals surface area contributed by atoms with Gasteiger partial charge in [-0.2, -0.15) is 13.2 Å². The van der Waals surface area contributed by atoms with Crippen molar-refractivity contribution in [3.8, 4) is 11.1 Å². The molecule has 0 spiro atoms. The maximum atomic E-state index is 13.9. The number of hydrogen-bond acceptors (Lipinski definition) is 5. The Morgan fingerprint density at radius 1 is 0.957 bits per heavy atom. The van der Waals surface area contributed by atoms with Gasteiger partial charge in [-0.3, -0.25) is 19.3 Å².